The number of pyridine rings is 1. The van der Waals surface area contributed by atoms with Crippen LogP contribution in [0.5, 0.6) is 0 Å². The molecule has 2 aromatic heterocycles. The third kappa shape index (κ3) is 3.46. The third-order valence-corrected chi connectivity index (χ3v) is 3.78. The number of fused-ring (bicyclic) bond motifs is 1. The lowest BCUT2D eigenvalue weighted by molar-refractivity contribution is -0.121. The third-order valence-electron chi connectivity index (χ3n) is 3.54. The van der Waals surface area contributed by atoms with E-state index in [1.807, 2.05) is 42.6 Å². The number of aryl methyl sites for hydroxylation is 1. The molecule has 0 aliphatic heterocycles. The lowest BCUT2D eigenvalue weighted by Crippen LogP contribution is -2.22. The maximum atomic E-state index is 12.0. The molecule has 0 atom stereocenters. The molecule has 0 bridgehead atoms. The van der Waals surface area contributed by atoms with Gasteiger partial charge in [0.1, 0.15) is 5.65 Å². The quantitative estimate of drug-likeness (QED) is 0.758. The van der Waals surface area contributed by atoms with Gasteiger partial charge in [-0.2, -0.15) is 0 Å². The fraction of sp³-hybridized carbons (Fsp3) is 0.176. The Morgan fingerprint density at radius 1 is 1.27 bits per heavy atom. The smallest absolute Gasteiger partial charge is 0.220 e. The summed E-state index contributed by atoms with van der Waals surface area (Å²) in [6, 6.07) is 11.5. The van der Waals surface area contributed by atoms with Gasteiger partial charge < -0.3 is 10.3 Å². The van der Waals surface area contributed by atoms with Crippen LogP contribution in [0, 0.1) is 0 Å². The SMILES string of the molecule is O=C(CCc1cccc(Cl)c1)NCc1c[nH]c2ncccc12. The molecule has 0 radical (unpaired) electrons. The van der Waals surface area contributed by atoms with E-state index in [1.165, 1.54) is 0 Å². The number of carbonyl (C=O) groups is 1. The Morgan fingerprint density at radius 3 is 3.05 bits per heavy atom. The van der Waals surface area contributed by atoms with Crippen LogP contribution in [0.15, 0.2) is 48.8 Å². The number of nitrogens with one attached hydrogen (secondary N) is 2. The second-order valence-corrected chi connectivity index (χ2v) is 5.56. The lowest BCUT2D eigenvalue weighted by Gasteiger charge is -2.05. The second kappa shape index (κ2) is 6.62. The number of halogens is 1. The zero-order valence-electron chi connectivity index (χ0n) is 12.0. The summed E-state index contributed by atoms with van der Waals surface area (Å²) < 4.78 is 0. The van der Waals surface area contributed by atoms with E-state index in [2.05, 4.69) is 15.3 Å². The van der Waals surface area contributed by atoms with E-state index in [9.17, 15) is 4.79 Å². The highest BCUT2D eigenvalue weighted by molar-refractivity contribution is 6.30. The number of benzene rings is 1. The number of carbonyl (C=O) groups excluding carboxylic acids is 1. The van der Waals surface area contributed by atoms with Crippen LogP contribution in [-0.4, -0.2) is 15.9 Å². The fourth-order valence-electron chi connectivity index (χ4n) is 2.39. The van der Waals surface area contributed by atoms with Gasteiger partial charge in [-0.05, 0) is 41.8 Å². The van der Waals surface area contributed by atoms with Gasteiger partial charge in [0, 0.05) is 35.8 Å². The normalized spacial score (nSPS) is 10.8. The minimum absolute atomic E-state index is 0.0261. The van der Waals surface area contributed by atoms with Gasteiger partial charge in [0.05, 0.1) is 0 Å². The molecule has 0 unspecified atom stereocenters. The summed E-state index contributed by atoms with van der Waals surface area (Å²) in [7, 11) is 0. The molecule has 22 heavy (non-hydrogen) atoms. The first-order valence-corrected chi connectivity index (χ1v) is 7.52. The van der Waals surface area contributed by atoms with Crippen LogP contribution in [0.2, 0.25) is 5.02 Å². The number of nitrogens with zero attached hydrogens (tertiary/aromatic N) is 1. The zero-order valence-corrected chi connectivity index (χ0v) is 12.7. The first-order chi connectivity index (χ1) is 10.7. The minimum atomic E-state index is 0.0261. The highest BCUT2D eigenvalue weighted by Crippen LogP contribution is 2.15. The fourth-order valence-corrected chi connectivity index (χ4v) is 2.60. The molecule has 2 heterocycles. The van der Waals surface area contributed by atoms with Crippen LogP contribution in [0.4, 0.5) is 0 Å². The van der Waals surface area contributed by atoms with Crippen LogP contribution in [0.1, 0.15) is 17.5 Å². The monoisotopic (exact) mass is 313 g/mol. The molecular weight excluding hydrogens is 298 g/mol. The van der Waals surface area contributed by atoms with Crippen molar-refractivity contribution < 1.29 is 4.79 Å². The number of hydrogen-bond donors (Lipinski definition) is 2. The van der Waals surface area contributed by atoms with Crippen LogP contribution in [0.3, 0.4) is 0 Å². The van der Waals surface area contributed by atoms with E-state index < -0.39 is 0 Å². The van der Waals surface area contributed by atoms with Crippen molar-refractivity contribution >= 4 is 28.5 Å². The van der Waals surface area contributed by atoms with E-state index in [4.69, 9.17) is 11.6 Å². The van der Waals surface area contributed by atoms with Gasteiger partial charge in [0.15, 0.2) is 0 Å². The van der Waals surface area contributed by atoms with E-state index in [0.29, 0.717) is 24.4 Å². The van der Waals surface area contributed by atoms with Crippen molar-refractivity contribution in [2.75, 3.05) is 0 Å². The van der Waals surface area contributed by atoms with Crippen LogP contribution in [0.25, 0.3) is 11.0 Å². The van der Waals surface area contributed by atoms with Crippen molar-refractivity contribution in [3.05, 3.63) is 64.9 Å². The van der Waals surface area contributed by atoms with Gasteiger partial charge in [0.25, 0.3) is 0 Å². The Hall–Kier alpha value is -2.33. The summed E-state index contributed by atoms with van der Waals surface area (Å²) >= 11 is 5.93. The van der Waals surface area contributed by atoms with Crippen LogP contribution < -0.4 is 5.32 Å². The number of rotatable bonds is 5. The molecule has 5 heteroatoms. The molecule has 0 spiro atoms. The van der Waals surface area contributed by atoms with Gasteiger partial charge in [-0.1, -0.05) is 23.7 Å². The van der Waals surface area contributed by atoms with Crippen molar-refractivity contribution in [3.63, 3.8) is 0 Å². The molecule has 4 nitrogen and oxygen atoms in total. The van der Waals surface area contributed by atoms with Crippen molar-refractivity contribution in [3.8, 4) is 0 Å². The number of hydrogen-bond acceptors (Lipinski definition) is 2. The second-order valence-electron chi connectivity index (χ2n) is 5.12. The van der Waals surface area contributed by atoms with E-state index in [0.717, 1.165) is 22.2 Å². The predicted octanol–water partition coefficient (Wildman–Crippen LogP) is 3.47. The van der Waals surface area contributed by atoms with Gasteiger partial charge >= 0.3 is 0 Å². The van der Waals surface area contributed by atoms with Gasteiger partial charge in [-0.3, -0.25) is 4.79 Å². The molecule has 0 aliphatic carbocycles. The summed E-state index contributed by atoms with van der Waals surface area (Å²) in [5, 5.41) is 4.68. The van der Waals surface area contributed by atoms with E-state index in [1.54, 1.807) is 6.20 Å². The molecule has 0 saturated carbocycles. The molecule has 2 N–H and O–H groups in total. The van der Waals surface area contributed by atoms with Crippen molar-refractivity contribution in [1.82, 2.24) is 15.3 Å². The van der Waals surface area contributed by atoms with Gasteiger partial charge in [-0.15, -0.1) is 0 Å². The topological polar surface area (TPSA) is 57.8 Å². The van der Waals surface area contributed by atoms with Crippen LogP contribution >= 0.6 is 11.6 Å². The summed E-state index contributed by atoms with van der Waals surface area (Å²) in [5.74, 6) is 0.0261. The molecule has 112 valence electrons. The molecule has 0 fully saturated rings. The Morgan fingerprint density at radius 2 is 2.18 bits per heavy atom. The van der Waals surface area contributed by atoms with Gasteiger partial charge in [0.2, 0.25) is 5.91 Å². The first-order valence-electron chi connectivity index (χ1n) is 7.14. The highest BCUT2D eigenvalue weighted by Gasteiger charge is 2.06. The molecule has 3 aromatic rings. The van der Waals surface area contributed by atoms with Crippen LogP contribution in [-0.2, 0) is 17.8 Å². The largest absolute Gasteiger partial charge is 0.352 e. The molecule has 1 amide bonds. The predicted molar refractivity (Wildman–Crippen MR) is 87.7 cm³/mol. The average Bonchev–Trinajstić information content (AvgIpc) is 2.94. The number of amides is 1. The average molecular weight is 314 g/mol. The molecule has 3 rings (SSSR count). The van der Waals surface area contributed by atoms with Crippen molar-refractivity contribution in [2.24, 2.45) is 0 Å². The van der Waals surface area contributed by atoms with Gasteiger partial charge in [-0.25, -0.2) is 4.98 Å². The summed E-state index contributed by atoms with van der Waals surface area (Å²) in [6.07, 6.45) is 4.75. The number of aromatic amines is 1. The molecule has 0 saturated heterocycles. The zero-order chi connectivity index (χ0) is 15.4. The summed E-state index contributed by atoms with van der Waals surface area (Å²) in [4.78, 5) is 19.3. The molecular formula is C17H16ClN3O. The summed E-state index contributed by atoms with van der Waals surface area (Å²) in [5.41, 5.74) is 2.95. The maximum absolute atomic E-state index is 12.0. The Bertz CT molecular complexity index is 797. The number of aromatic nitrogens is 2. The minimum Gasteiger partial charge on any atom is -0.352 e. The Kier molecular flexibility index (Phi) is 4.39. The van der Waals surface area contributed by atoms with Crippen molar-refractivity contribution in [2.45, 2.75) is 19.4 Å². The maximum Gasteiger partial charge on any atom is 0.220 e. The lowest BCUT2D eigenvalue weighted by atomic mass is 10.1. The van der Waals surface area contributed by atoms with E-state index >= 15 is 0 Å². The molecule has 1 aromatic carbocycles. The van der Waals surface area contributed by atoms with E-state index in [-0.39, 0.29) is 5.91 Å². The number of H-pyrrole nitrogens is 1. The standard InChI is InChI=1S/C17H16ClN3O/c18-14-4-1-3-12(9-14)6-7-16(22)20-10-13-11-21-17-15(13)5-2-8-19-17/h1-5,8-9,11H,6-7,10H2,(H,19,21)(H,20,22). The molecule has 0 aliphatic rings. The van der Waals surface area contributed by atoms with Crippen molar-refractivity contribution in [1.29, 1.82) is 0 Å². The Balaban J connectivity index is 1.54. The Labute approximate surface area is 133 Å². The first kappa shape index (κ1) is 14.6. The summed E-state index contributed by atoms with van der Waals surface area (Å²) in [6.45, 7) is 0.500. The highest BCUT2D eigenvalue weighted by atomic mass is 35.5.